The molecular weight excluding hydrogens is 289 g/mol. The molecule has 0 spiro atoms. The van der Waals surface area contributed by atoms with Crippen LogP contribution in [0.3, 0.4) is 0 Å². The van der Waals surface area contributed by atoms with E-state index in [1.165, 1.54) is 18.2 Å². The lowest BCUT2D eigenvalue weighted by Gasteiger charge is -2.30. The maximum atomic E-state index is 13.4. The van der Waals surface area contributed by atoms with Gasteiger partial charge in [0.15, 0.2) is 9.84 Å². The third-order valence-corrected chi connectivity index (χ3v) is 6.24. The minimum absolute atomic E-state index is 0.197. The Labute approximate surface area is 118 Å². The van der Waals surface area contributed by atoms with Gasteiger partial charge in [0, 0.05) is 5.02 Å². The van der Waals surface area contributed by atoms with E-state index in [0.29, 0.717) is 23.4 Å². The van der Waals surface area contributed by atoms with E-state index in [0.717, 1.165) is 6.42 Å². The Morgan fingerprint density at radius 3 is 2.79 bits per heavy atom. The first kappa shape index (κ1) is 14.8. The highest BCUT2D eigenvalue weighted by molar-refractivity contribution is 7.92. The van der Waals surface area contributed by atoms with E-state index in [4.69, 9.17) is 11.6 Å². The van der Waals surface area contributed by atoms with E-state index >= 15 is 0 Å². The Bertz CT molecular complexity index is 562. The van der Waals surface area contributed by atoms with Crippen molar-refractivity contribution in [3.05, 3.63) is 34.6 Å². The molecule has 1 aliphatic heterocycles. The summed E-state index contributed by atoms with van der Waals surface area (Å²) >= 11 is 6.08. The molecule has 0 bridgehead atoms. The SMILES string of the molecule is CNC(c1cc(F)ccc1Cl)C1CCCCS1(=O)=O. The Kier molecular flexibility index (Phi) is 4.48. The van der Waals surface area contributed by atoms with Gasteiger partial charge in [0.05, 0.1) is 17.0 Å². The van der Waals surface area contributed by atoms with Gasteiger partial charge >= 0.3 is 0 Å². The number of hydrogen-bond donors (Lipinski definition) is 1. The predicted molar refractivity (Wildman–Crippen MR) is 74.6 cm³/mol. The lowest BCUT2D eigenvalue weighted by Crippen LogP contribution is -2.39. The van der Waals surface area contributed by atoms with Crippen LogP contribution in [-0.2, 0) is 9.84 Å². The Balaban J connectivity index is 2.41. The van der Waals surface area contributed by atoms with Gasteiger partial charge in [-0.05, 0) is 43.7 Å². The normalized spacial score (nSPS) is 24.1. The molecule has 1 N–H and O–H groups in total. The quantitative estimate of drug-likeness (QED) is 0.934. The molecule has 0 aliphatic carbocycles. The Morgan fingerprint density at radius 1 is 1.42 bits per heavy atom. The molecule has 1 aromatic rings. The van der Waals surface area contributed by atoms with Crippen molar-refractivity contribution in [3.63, 3.8) is 0 Å². The van der Waals surface area contributed by atoms with Gasteiger partial charge in [0.1, 0.15) is 5.82 Å². The molecule has 1 fully saturated rings. The molecule has 0 radical (unpaired) electrons. The van der Waals surface area contributed by atoms with Crippen molar-refractivity contribution in [2.75, 3.05) is 12.8 Å². The number of halogens is 2. The number of benzene rings is 1. The molecule has 1 aliphatic rings. The van der Waals surface area contributed by atoms with Gasteiger partial charge in [-0.15, -0.1) is 0 Å². The fraction of sp³-hybridized carbons (Fsp3) is 0.538. The zero-order chi connectivity index (χ0) is 14.0. The number of rotatable bonds is 3. The minimum Gasteiger partial charge on any atom is -0.312 e. The maximum Gasteiger partial charge on any atom is 0.155 e. The molecule has 2 rings (SSSR count). The van der Waals surface area contributed by atoms with Gasteiger partial charge in [0.25, 0.3) is 0 Å². The van der Waals surface area contributed by atoms with Crippen LogP contribution in [0.4, 0.5) is 4.39 Å². The second-order valence-electron chi connectivity index (χ2n) is 4.83. The minimum atomic E-state index is -3.16. The summed E-state index contributed by atoms with van der Waals surface area (Å²) in [4.78, 5) is 0. The van der Waals surface area contributed by atoms with Crippen LogP contribution in [0.15, 0.2) is 18.2 Å². The lowest BCUT2D eigenvalue weighted by atomic mass is 9.99. The zero-order valence-electron chi connectivity index (χ0n) is 10.7. The number of nitrogens with one attached hydrogen (secondary N) is 1. The first-order valence-electron chi connectivity index (χ1n) is 6.29. The average molecular weight is 306 g/mol. The first-order valence-corrected chi connectivity index (χ1v) is 8.39. The van der Waals surface area contributed by atoms with Gasteiger partial charge in [-0.1, -0.05) is 18.0 Å². The van der Waals surface area contributed by atoms with Crippen molar-refractivity contribution in [1.82, 2.24) is 5.32 Å². The molecule has 0 saturated carbocycles. The lowest BCUT2D eigenvalue weighted by molar-refractivity contribution is 0.467. The highest BCUT2D eigenvalue weighted by atomic mass is 35.5. The van der Waals surface area contributed by atoms with E-state index in [2.05, 4.69) is 5.32 Å². The van der Waals surface area contributed by atoms with E-state index < -0.39 is 26.9 Å². The van der Waals surface area contributed by atoms with Crippen molar-refractivity contribution >= 4 is 21.4 Å². The fourth-order valence-corrected chi connectivity index (χ4v) is 5.02. The van der Waals surface area contributed by atoms with Gasteiger partial charge in [0.2, 0.25) is 0 Å². The van der Waals surface area contributed by atoms with Crippen molar-refractivity contribution in [1.29, 1.82) is 0 Å². The van der Waals surface area contributed by atoms with Crippen molar-refractivity contribution < 1.29 is 12.8 Å². The highest BCUT2D eigenvalue weighted by Crippen LogP contribution is 2.34. The summed E-state index contributed by atoms with van der Waals surface area (Å²) in [6.45, 7) is 0. The first-order chi connectivity index (χ1) is 8.95. The van der Waals surface area contributed by atoms with Crippen molar-refractivity contribution in [3.8, 4) is 0 Å². The average Bonchev–Trinajstić information content (AvgIpc) is 2.36. The molecule has 6 heteroatoms. The van der Waals surface area contributed by atoms with Crippen LogP contribution < -0.4 is 5.32 Å². The van der Waals surface area contributed by atoms with Crippen LogP contribution in [0.1, 0.15) is 30.9 Å². The van der Waals surface area contributed by atoms with E-state index in [9.17, 15) is 12.8 Å². The summed E-state index contributed by atoms with van der Waals surface area (Å²) in [6, 6.07) is 3.58. The van der Waals surface area contributed by atoms with Crippen LogP contribution in [0.2, 0.25) is 5.02 Å². The summed E-state index contributed by atoms with van der Waals surface area (Å²) < 4.78 is 37.7. The largest absolute Gasteiger partial charge is 0.312 e. The molecule has 0 amide bonds. The zero-order valence-corrected chi connectivity index (χ0v) is 12.3. The van der Waals surface area contributed by atoms with Crippen molar-refractivity contribution in [2.45, 2.75) is 30.6 Å². The molecule has 1 aromatic carbocycles. The third kappa shape index (κ3) is 3.09. The van der Waals surface area contributed by atoms with Crippen LogP contribution >= 0.6 is 11.6 Å². The summed E-state index contributed by atoms with van der Waals surface area (Å²) in [5.74, 6) is -0.212. The van der Waals surface area contributed by atoms with Crippen LogP contribution in [0, 0.1) is 5.82 Å². The maximum absolute atomic E-state index is 13.4. The molecule has 2 atom stereocenters. The number of sulfone groups is 1. The van der Waals surface area contributed by atoms with E-state index in [1.54, 1.807) is 7.05 Å². The third-order valence-electron chi connectivity index (χ3n) is 3.60. The van der Waals surface area contributed by atoms with E-state index in [1.807, 2.05) is 0 Å². The smallest absolute Gasteiger partial charge is 0.155 e. The number of hydrogen-bond acceptors (Lipinski definition) is 3. The van der Waals surface area contributed by atoms with Gasteiger partial charge in [-0.25, -0.2) is 12.8 Å². The monoisotopic (exact) mass is 305 g/mol. The molecule has 1 saturated heterocycles. The molecule has 0 aromatic heterocycles. The molecule has 19 heavy (non-hydrogen) atoms. The summed E-state index contributed by atoms with van der Waals surface area (Å²) in [5, 5.41) is 2.84. The van der Waals surface area contributed by atoms with Gasteiger partial charge < -0.3 is 5.32 Å². The predicted octanol–water partition coefficient (Wildman–Crippen LogP) is 2.71. The summed E-state index contributed by atoms with van der Waals surface area (Å²) in [7, 11) is -1.48. The van der Waals surface area contributed by atoms with E-state index in [-0.39, 0.29) is 5.75 Å². The Hall–Kier alpha value is -0.650. The summed E-state index contributed by atoms with van der Waals surface area (Å²) in [6.07, 6.45) is 2.15. The van der Waals surface area contributed by atoms with Crippen LogP contribution in [0.5, 0.6) is 0 Å². The van der Waals surface area contributed by atoms with Crippen LogP contribution in [-0.4, -0.2) is 26.5 Å². The highest BCUT2D eigenvalue weighted by Gasteiger charge is 2.36. The Morgan fingerprint density at radius 2 is 2.16 bits per heavy atom. The van der Waals surface area contributed by atoms with Crippen molar-refractivity contribution in [2.24, 2.45) is 0 Å². The standard InChI is InChI=1S/C13H17ClFNO2S/c1-16-13(10-8-9(15)5-6-11(10)14)12-4-2-3-7-19(12,17)18/h5-6,8,12-13,16H,2-4,7H2,1H3. The second-order valence-corrected chi connectivity index (χ2v) is 7.58. The fourth-order valence-electron chi connectivity index (χ4n) is 2.65. The molecule has 106 valence electrons. The van der Waals surface area contributed by atoms with Gasteiger partial charge in [-0.2, -0.15) is 0 Å². The molecule has 2 unspecified atom stereocenters. The molecule has 3 nitrogen and oxygen atoms in total. The molecule has 1 heterocycles. The van der Waals surface area contributed by atoms with Crippen LogP contribution in [0.25, 0.3) is 0 Å². The topological polar surface area (TPSA) is 46.2 Å². The summed E-state index contributed by atoms with van der Waals surface area (Å²) in [5.41, 5.74) is 0.514. The molecular formula is C13H17ClFNO2S. The van der Waals surface area contributed by atoms with Gasteiger partial charge in [-0.3, -0.25) is 0 Å². The second kappa shape index (κ2) is 5.77.